The molecule has 1 aliphatic rings. The molecule has 2 rings (SSSR count). The molecule has 1 aliphatic heterocycles. The van der Waals surface area contributed by atoms with E-state index in [1.54, 1.807) is 13.4 Å². The van der Waals surface area contributed by atoms with Crippen LogP contribution in [0.4, 0.5) is 0 Å². The zero-order chi connectivity index (χ0) is 11.4. The molecule has 3 heteroatoms. The van der Waals surface area contributed by atoms with Crippen LogP contribution in [0.5, 0.6) is 5.75 Å². The molecule has 1 N–H and O–H groups in total. The Morgan fingerprint density at radius 2 is 2.31 bits per heavy atom. The molecule has 1 aromatic carbocycles. The van der Waals surface area contributed by atoms with Gasteiger partial charge in [0, 0.05) is 0 Å². The Morgan fingerprint density at radius 3 is 3.00 bits per heavy atom. The molecule has 3 nitrogen and oxygen atoms in total. The molecule has 1 unspecified atom stereocenters. The first kappa shape index (κ1) is 11.0. The normalized spacial score (nSPS) is 17.2. The molecule has 0 aliphatic carbocycles. The Balaban J connectivity index is 2.19. The van der Waals surface area contributed by atoms with Crippen LogP contribution in [-0.4, -0.2) is 18.8 Å². The van der Waals surface area contributed by atoms with Crippen LogP contribution in [0.1, 0.15) is 24.5 Å². The van der Waals surface area contributed by atoms with Crippen molar-refractivity contribution in [2.45, 2.75) is 18.9 Å². The molecule has 0 saturated carbocycles. The highest BCUT2D eigenvalue weighted by Gasteiger charge is 2.16. The van der Waals surface area contributed by atoms with Crippen molar-refractivity contribution in [3.8, 4) is 5.75 Å². The van der Waals surface area contributed by atoms with Gasteiger partial charge in [0.1, 0.15) is 11.9 Å². The molecule has 1 atom stereocenters. The molecule has 0 spiro atoms. The number of methoxy groups -OCH3 is 1. The van der Waals surface area contributed by atoms with Gasteiger partial charge in [-0.1, -0.05) is 12.1 Å². The van der Waals surface area contributed by atoms with Gasteiger partial charge in [0.2, 0.25) is 0 Å². The molecule has 0 radical (unpaired) electrons. The molecular formula is C13H16O3. The van der Waals surface area contributed by atoms with Crippen LogP contribution < -0.4 is 4.74 Å². The Morgan fingerprint density at radius 1 is 1.44 bits per heavy atom. The van der Waals surface area contributed by atoms with E-state index in [9.17, 15) is 5.11 Å². The van der Waals surface area contributed by atoms with Crippen molar-refractivity contribution >= 4 is 0 Å². The fourth-order valence-corrected chi connectivity index (χ4v) is 1.81. The highest BCUT2D eigenvalue weighted by molar-refractivity contribution is 5.33. The van der Waals surface area contributed by atoms with Gasteiger partial charge in [-0.05, 0) is 36.1 Å². The molecule has 16 heavy (non-hydrogen) atoms. The molecule has 1 aromatic rings. The first-order chi connectivity index (χ1) is 7.81. The van der Waals surface area contributed by atoms with E-state index in [2.05, 4.69) is 0 Å². The van der Waals surface area contributed by atoms with Crippen LogP contribution in [-0.2, 0) is 4.74 Å². The lowest BCUT2D eigenvalue weighted by molar-refractivity contribution is 0.170. The average molecular weight is 220 g/mol. The topological polar surface area (TPSA) is 38.7 Å². The summed E-state index contributed by atoms with van der Waals surface area (Å²) >= 11 is 0. The van der Waals surface area contributed by atoms with E-state index < -0.39 is 6.10 Å². The number of aliphatic hydroxyl groups excluding tert-OH is 1. The minimum absolute atomic E-state index is 0.588. The third-order valence-corrected chi connectivity index (χ3v) is 2.72. The second kappa shape index (κ2) is 5.03. The first-order valence-electron chi connectivity index (χ1n) is 5.44. The molecule has 0 aromatic heterocycles. The lowest BCUT2D eigenvalue weighted by Gasteiger charge is -2.19. The number of ether oxygens (including phenoxy) is 2. The fraction of sp³-hybridized carbons (Fsp3) is 0.385. The van der Waals surface area contributed by atoms with E-state index in [-0.39, 0.29) is 0 Å². The molecule has 86 valence electrons. The van der Waals surface area contributed by atoms with Gasteiger partial charge in [0.05, 0.1) is 20.0 Å². The standard InChI is InChI=1S/C13H16O3/c1-15-12-6-2-4-10(8-12)13(14)11-5-3-7-16-9-11/h2,4,6,8-9,13-14H,3,5,7H2,1H3. The first-order valence-corrected chi connectivity index (χ1v) is 5.44. The summed E-state index contributed by atoms with van der Waals surface area (Å²) in [7, 11) is 1.62. The van der Waals surface area contributed by atoms with Crippen LogP contribution >= 0.6 is 0 Å². The van der Waals surface area contributed by atoms with Crippen LogP contribution in [0, 0.1) is 0 Å². The average Bonchev–Trinajstić information content (AvgIpc) is 2.39. The SMILES string of the molecule is COc1cccc(C(O)C2=COCCC2)c1. The van der Waals surface area contributed by atoms with Crippen molar-refractivity contribution in [3.05, 3.63) is 41.7 Å². The van der Waals surface area contributed by atoms with E-state index in [0.29, 0.717) is 0 Å². The fourth-order valence-electron chi connectivity index (χ4n) is 1.81. The molecular weight excluding hydrogens is 204 g/mol. The predicted octanol–water partition coefficient (Wildman–Crippen LogP) is 2.42. The summed E-state index contributed by atoms with van der Waals surface area (Å²) in [6.07, 6.45) is 2.94. The van der Waals surface area contributed by atoms with Gasteiger partial charge in [-0.3, -0.25) is 0 Å². The van der Waals surface area contributed by atoms with Crippen molar-refractivity contribution in [1.29, 1.82) is 0 Å². The maximum Gasteiger partial charge on any atom is 0.119 e. The summed E-state index contributed by atoms with van der Waals surface area (Å²) in [5.41, 5.74) is 1.77. The second-order valence-corrected chi connectivity index (χ2v) is 3.85. The van der Waals surface area contributed by atoms with Crippen LogP contribution in [0.2, 0.25) is 0 Å². The maximum atomic E-state index is 10.2. The Hall–Kier alpha value is -1.48. The monoisotopic (exact) mass is 220 g/mol. The van der Waals surface area contributed by atoms with Gasteiger partial charge in [-0.15, -0.1) is 0 Å². The summed E-state index contributed by atoms with van der Waals surface area (Å²) in [5.74, 6) is 0.758. The quantitative estimate of drug-likeness (QED) is 0.850. The smallest absolute Gasteiger partial charge is 0.119 e. The molecule has 0 bridgehead atoms. The molecule has 0 fully saturated rings. The number of hydrogen-bond acceptors (Lipinski definition) is 3. The van der Waals surface area contributed by atoms with Crippen molar-refractivity contribution in [1.82, 2.24) is 0 Å². The van der Waals surface area contributed by atoms with Gasteiger partial charge in [-0.25, -0.2) is 0 Å². The number of benzene rings is 1. The highest BCUT2D eigenvalue weighted by Crippen LogP contribution is 2.29. The largest absolute Gasteiger partial charge is 0.501 e. The van der Waals surface area contributed by atoms with Gasteiger partial charge in [0.15, 0.2) is 0 Å². The van der Waals surface area contributed by atoms with Crippen molar-refractivity contribution < 1.29 is 14.6 Å². The lowest BCUT2D eigenvalue weighted by Crippen LogP contribution is -2.07. The van der Waals surface area contributed by atoms with Crippen LogP contribution in [0.15, 0.2) is 36.1 Å². The minimum atomic E-state index is -0.588. The van der Waals surface area contributed by atoms with E-state index in [1.807, 2.05) is 24.3 Å². The highest BCUT2D eigenvalue weighted by atomic mass is 16.5. The maximum absolute atomic E-state index is 10.2. The summed E-state index contributed by atoms with van der Waals surface area (Å²) in [6, 6.07) is 7.48. The zero-order valence-electron chi connectivity index (χ0n) is 9.35. The second-order valence-electron chi connectivity index (χ2n) is 3.85. The Labute approximate surface area is 95.3 Å². The predicted molar refractivity (Wildman–Crippen MR) is 61.2 cm³/mol. The van der Waals surface area contributed by atoms with Gasteiger partial charge in [-0.2, -0.15) is 0 Å². The number of aliphatic hydroxyl groups is 1. The summed E-state index contributed by atoms with van der Waals surface area (Å²) in [4.78, 5) is 0. The van der Waals surface area contributed by atoms with Crippen molar-refractivity contribution in [2.75, 3.05) is 13.7 Å². The van der Waals surface area contributed by atoms with E-state index in [4.69, 9.17) is 9.47 Å². The Bertz CT molecular complexity index is 385. The summed E-state index contributed by atoms with van der Waals surface area (Å²) in [6.45, 7) is 0.744. The van der Waals surface area contributed by atoms with Gasteiger partial charge < -0.3 is 14.6 Å². The van der Waals surface area contributed by atoms with Crippen LogP contribution in [0.25, 0.3) is 0 Å². The Kier molecular flexibility index (Phi) is 3.47. The third kappa shape index (κ3) is 2.36. The minimum Gasteiger partial charge on any atom is -0.501 e. The van der Waals surface area contributed by atoms with Crippen molar-refractivity contribution in [3.63, 3.8) is 0 Å². The third-order valence-electron chi connectivity index (χ3n) is 2.72. The van der Waals surface area contributed by atoms with E-state index in [1.165, 1.54) is 0 Å². The number of hydrogen-bond donors (Lipinski definition) is 1. The summed E-state index contributed by atoms with van der Waals surface area (Å²) < 4.78 is 10.4. The molecule has 0 saturated heterocycles. The van der Waals surface area contributed by atoms with Gasteiger partial charge >= 0.3 is 0 Å². The zero-order valence-corrected chi connectivity index (χ0v) is 9.35. The van der Waals surface area contributed by atoms with E-state index in [0.717, 1.165) is 36.3 Å². The summed E-state index contributed by atoms with van der Waals surface area (Å²) in [5, 5.41) is 10.2. The number of rotatable bonds is 3. The lowest BCUT2D eigenvalue weighted by atomic mass is 9.98. The van der Waals surface area contributed by atoms with Crippen LogP contribution in [0.3, 0.4) is 0 Å². The van der Waals surface area contributed by atoms with E-state index >= 15 is 0 Å². The molecule has 1 heterocycles. The van der Waals surface area contributed by atoms with Gasteiger partial charge in [0.25, 0.3) is 0 Å². The molecule has 0 amide bonds. The van der Waals surface area contributed by atoms with Crippen molar-refractivity contribution in [2.24, 2.45) is 0 Å².